The van der Waals surface area contributed by atoms with Crippen molar-refractivity contribution in [1.82, 2.24) is 14.9 Å². The number of benzene rings is 1. The summed E-state index contributed by atoms with van der Waals surface area (Å²) in [6.07, 6.45) is 7.06. The van der Waals surface area contributed by atoms with Gasteiger partial charge in [0.2, 0.25) is 5.91 Å². The predicted molar refractivity (Wildman–Crippen MR) is 78.6 cm³/mol. The molecule has 1 aliphatic rings. The molecule has 0 bridgehead atoms. The Labute approximate surface area is 124 Å². The van der Waals surface area contributed by atoms with Gasteiger partial charge in [0.05, 0.1) is 6.33 Å². The number of amides is 1. The van der Waals surface area contributed by atoms with Gasteiger partial charge < -0.3 is 14.6 Å². The Morgan fingerprint density at radius 2 is 2.14 bits per heavy atom. The number of imidazole rings is 1. The molecule has 3 rings (SSSR count). The zero-order valence-corrected chi connectivity index (χ0v) is 11.9. The smallest absolute Gasteiger partial charge is 0.249 e. The second kappa shape index (κ2) is 6.54. The van der Waals surface area contributed by atoms with E-state index in [0.717, 1.165) is 24.9 Å². The molecular weight excluding hydrogens is 266 g/mol. The van der Waals surface area contributed by atoms with E-state index >= 15 is 0 Å². The van der Waals surface area contributed by atoms with Crippen molar-refractivity contribution in [3.63, 3.8) is 0 Å². The first-order valence-electron chi connectivity index (χ1n) is 7.24. The van der Waals surface area contributed by atoms with Crippen molar-refractivity contribution in [2.75, 3.05) is 6.61 Å². The van der Waals surface area contributed by atoms with Gasteiger partial charge in [-0.2, -0.15) is 0 Å². The maximum atomic E-state index is 11.9. The molecule has 21 heavy (non-hydrogen) atoms. The molecule has 1 aromatic carbocycles. The molecule has 0 spiro atoms. The fourth-order valence-corrected chi connectivity index (χ4v) is 2.44. The van der Waals surface area contributed by atoms with Crippen molar-refractivity contribution in [2.45, 2.75) is 32.0 Å². The van der Waals surface area contributed by atoms with E-state index in [1.807, 2.05) is 22.9 Å². The maximum Gasteiger partial charge on any atom is 0.249 e. The fourth-order valence-electron chi connectivity index (χ4n) is 2.44. The predicted octanol–water partition coefficient (Wildman–Crippen LogP) is 1.73. The first kappa shape index (κ1) is 13.8. The van der Waals surface area contributed by atoms with Crippen LogP contribution in [0.15, 0.2) is 43.0 Å². The summed E-state index contributed by atoms with van der Waals surface area (Å²) >= 11 is 0. The van der Waals surface area contributed by atoms with Gasteiger partial charge in [-0.3, -0.25) is 4.79 Å². The molecule has 5 nitrogen and oxygen atoms in total. The highest BCUT2D eigenvalue weighted by Gasteiger charge is 2.22. The topological polar surface area (TPSA) is 56.2 Å². The lowest BCUT2D eigenvalue weighted by Crippen LogP contribution is -2.33. The Hall–Kier alpha value is -2.14. The number of hydrogen-bond donors (Lipinski definition) is 1. The van der Waals surface area contributed by atoms with Gasteiger partial charge in [0.25, 0.3) is 0 Å². The largest absolute Gasteiger partial charge is 0.368 e. The van der Waals surface area contributed by atoms with Gasteiger partial charge in [0.1, 0.15) is 6.10 Å². The molecule has 1 saturated heterocycles. The number of carbonyl (C=O) groups is 1. The Bertz CT molecular complexity index is 572. The molecule has 1 atom stereocenters. The third-order valence-electron chi connectivity index (χ3n) is 3.64. The van der Waals surface area contributed by atoms with Gasteiger partial charge >= 0.3 is 0 Å². The van der Waals surface area contributed by atoms with Crippen molar-refractivity contribution in [2.24, 2.45) is 0 Å². The maximum absolute atomic E-state index is 11.9. The highest BCUT2D eigenvalue weighted by atomic mass is 16.5. The number of aromatic nitrogens is 2. The van der Waals surface area contributed by atoms with Crippen LogP contribution in [0.5, 0.6) is 0 Å². The molecule has 5 heteroatoms. The molecule has 110 valence electrons. The van der Waals surface area contributed by atoms with Crippen LogP contribution in [-0.4, -0.2) is 28.2 Å². The summed E-state index contributed by atoms with van der Waals surface area (Å²) in [7, 11) is 0. The molecule has 1 aliphatic heterocycles. The van der Waals surface area contributed by atoms with Gasteiger partial charge in [-0.05, 0) is 24.0 Å². The van der Waals surface area contributed by atoms with Crippen LogP contribution in [0.25, 0.3) is 0 Å². The van der Waals surface area contributed by atoms with Gasteiger partial charge in [0, 0.05) is 32.1 Å². The van der Waals surface area contributed by atoms with Crippen LogP contribution in [0, 0.1) is 0 Å². The van der Waals surface area contributed by atoms with Crippen molar-refractivity contribution in [3.05, 3.63) is 54.1 Å². The standard InChI is InChI=1S/C16H19N3O2/c20-16(15-2-1-9-21-15)18-10-13-3-5-14(6-4-13)11-19-8-7-17-12-19/h3-8,12,15H,1-2,9-11H2,(H,18,20). The summed E-state index contributed by atoms with van der Waals surface area (Å²) in [6, 6.07) is 8.24. The molecular formula is C16H19N3O2. The monoisotopic (exact) mass is 285 g/mol. The minimum absolute atomic E-state index is 0.00464. The summed E-state index contributed by atoms with van der Waals surface area (Å²) in [5, 5.41) is 2.93. The second-order valence-corrected chi connectivity index (χ2v) is 5.27. The van der Waals surface area contributed by atoms with E-state index in [2.05, 4.69) is 22.4 Å². The molecule has 2 heterocycles. The van der Waals surface area contributed by atoms with Crippen molar-refractivity contribution in [3.8, 4) is 0 Å². The van der Waals surface area contributed by atoms with Crippen LogP contribution in [-0.2, 0) is 22.6 Å². The third kappa shape index (κ3) is 3.70. The highest BCUT2D eigenvalue weighted by molar-refractivity contribution is 5.80. The minimum Gasteiger partial charge on any atom is -0.368 e. The van der Waals surface area contributed by atoms with Gasteiger partial charge in [-0.25, -0.2) is 4.98 Å². The number of carbonyl (C=O) groups excluding carboxylic acids is 1. The van der Waals surface area contributed by atoms with Crippen LogP contribution in [0.2, 0.25) is 0 Å². The van der Waals surface area contributed by atoms with E-state index in [0.29, 0.717) is 13.2 Å². The molecule has 0 saturated carbocycles. The third-order valence-corrected chi connectivity index (χ3v) is 3.64. The van der Waals surface area contributed by atoms with Crippen LogP contribution >= 0.6 is 0 Å². The molecule has 2 aromatic rings. The summed E-state index contributed by atoms with van der Waals surface area (Å²) in [6.45, 7) is 2.05. The average molecular weight is 285 g/mol. The van der Waals surface area contributed by atoms with E-state index < -0.39 is 0 Å². The Morgan fingerprint density at radius 1 is 1.33 bits per heavy atom. The van der Waals surface area contributed by atoms with Crippen LogP contribution < -0.4 is 5.32 Å². The van der Waals surface area contributed by atoms with E-state index in [1.54, 1.807) is 12.5 Å². The minimum atomic E-state index is -0.259. The molecule has 1 N–H and O–H groups in total. The first-order valence-corrected chi connectivity index (χ1v) is 7.24. The number of ether oxygens (including phenoxy) is 1. The molecule has 1 amide bonds. The molecule has 1 aromatic heterocycles. The molecule has 0 radical (unpaired) electrons. The fraction of sp³-hybridized carbons (Fsp3) is 0.375. The number of hydrogen-bond acceptors (Lipinski definition) is 3. The van der Waals surface area contributed by atoms with Crippen molar-refractivity contribution >= 4 is 5.91 Å². The average Bonchev–Trinajstić information content (AvgIpc) is 3.19. The Balaban J connectivity index is 1.51. The van der Waals surface area contributed by atoms with Gasteiger partial charge in [0.15, 0.2) is 0 Å². The lowest BCUT2D eigenvalue weighted by Gasteiger charge is -2.11. The number of nitrogens with one attached hydrogen (secondary N) is 1. The van der Waals surface area contributed by atoms with Crippen molar-refractivity contribution < 1.29 is 9.53 Å². The summed E-state index contributed by atoms with van der Waals surface area (Å²) in [4.78, 5) is 15.9. The van der Waals surface area contributed by atoms with Crippen LogP contribution in [0.3, 0.4) is 0 Å². The molecule has 0 aliphatic carbocycles. The van der Waals surface area contributed by atoms with E-state index in [4.69, 9.17) is 4.74 Å². The SMILES string of the molecule is O=C(NCc1ccc(Cn2ccnc2)cc1)C1CCCO1. The summed E-state index contributed by atoms with van der Waals surface area (Å²) in [5.74, 6) is -0.00464. The first-order chi connectivity index (χ1) is 10.3. The van der Waals surface area contributed by atoms with E-state index in [1.165, 1.54) is 5.56 Å². The van der Waals surface area contributed by atoms with E-state index in [-0.39, 0.29) is 12.0 Å². The lowest BCUT2D eigenvalue weighted by molar-refractivity contribution is -0.130. The van der Waals surface area contributed by atoms with Crippen molar-refractivity contribution in [1.29, 1.82) is 0 Å². The Morgan fingerprint density at radius 3 is 2.81 bits per heavy atom. The highest BCUT2D eigenvalue weighted by Crippen LogP contribution is 2.12. The van der Waals surface area contributed by atoms with Crippen LogP contribution in [0.1, 0.15) is 24.0 Å². The molecule has 1 fully saturated rings. The molecule has 1 unspecified atom stereocenters. The lowest BCUT2D eigenvalue weighted by atomic mass is 10.1. The van der Waals surface area contributed by atoms with Gasteiger partial charge in [-0.15, -0.1) is 0 Å². The number of rotatable bonds is 5. The zero-order chi connectivity index (χ0) is 14.5. The quantitative estimate of drug-likeness (QED) is 0.910. The Kier molecular flexibility index (Phi) is 4.31. The number of nitrogens with zero attached hydrogens (tertiary/aromatic N) is 2. The zero-order valence-electron chi connectivity index (χ0n) is 11.9. The summed E-state index contributed by atoms with van der Waals surface area (Å²) in [5.41, 5.74) is 2.30. The summed E-state index contributed by atoms with van der Waals surface area (Å²) < 4.78 is 7.38. The van der Waals surface area contributed by atoms with Crippen LogP contribution in [0.4, 0.5) is 0 Å². The van der Waals surface area contributed by atoms with Gasteiger partial charge in [-0.1, -0.05) is 24.3 Å². The van der Waals surface area contributed by atoms with E-state index in [9.17, 15) is 4.79 Å². The second-order valence-electron chi connectivity index (χ2n) is 5.27. The normalized spacial score (nSPS) is 17.8.